The lowest BCUT2D eigenvalue weighted by atomic mass is 9.83. The second kappa shape index (κ2) is 4.54. The van der Waals surface area contributed by atoms with E-state index in [9.17, 15) is 4.79 Å². The van der Waals surface area contributed by atoms with Crippen LogP contribution in [0.15, 0.2) is 18.2 Å². The molecule has 0 atom stereocenters. The molecular weight excluding hydrogens is 231 g/mol. The number of benzene rings is 1. The molecule has 1 saturated carbocycles. The molecule has 1 aromatic rings. The van der Waals surface area contributed by atoms with Gasteiger partial charge in [0.1, 0.15) is 5.78 Å². The highest BCUT2D eigenvalue weighted by atomic mass is 35.5. The van der Waals surface area contributed by atoms with E-state index >= 15 is 0 Å². The van der Waals surface area contributed by atoms with E-state index in [0.717, 1.165) is 23.4 Å². The van der Waals surface area contributed by atoms with Crippen molar-refractivity contribution in [3.05, 3.63) is 33.8 Å². The number of carbonyl (C=O) groups is 1. The number of carbonyl (C=O) groups excluding carboxylic acids is 1. The van der Waals surface area contributed by atoms with Crippen molar-refractivity contribution in [1.82, 2.24) is 0 Å². The van der Waals surface area contributed by atoms with Gasteiger partial charge in [-0.25, -0.2) is 0 Å². The molecule has 1 aliphatic rings. The second-order valence-corrected chi connectivity index (χ2v) is 4.82. The summed E-state index contributed by atoms with van der Waals surface area (Å²) in [4.78, 5) is 11.1. The van der Waals surface area contributed by atoms with Crippen LogP contribution in [0.2, 0.25) is 10.0 Å². The van der Waals surface area contributed by atoms with E-state index < -0.39 is 0 Å². The average molecular weight is 243 g/mol. The molecule has 2 rings (SSSR count). The molecule has 0 saturated heterocycles. The molecule has 0 aliphatic heterocycles. The lowest BCUT2D eigenvalue weighted by Crippen LogP contribution is -2.12. The lowest BCUT2D eigenvalue weighted by molar-refractivity contribution is -0.120. The van der Waals surface area contributed by atoms with Crippen LogP contribution in [-0.2, 0) is 4.79 Å². The van der Waals surface area contributed by atoms with E-state index in [0.29, 0.717) is 29.6 Å². The first-order valence-corrected chi connectivity index (χ1v) is 5.89. The van der Waals surface area contributed by atoms with Gasteiger partial charge in [0.25, 0.3) is 0 Å². The van der Waals surface area contributed by atoms with Crippen LogP contribution in [0.4, 0.5) is 0 Å². The summed E-state index contributed by atoms with van der Waals surface area (Å²) in [6.45, 7) is 0. The van der Waals surface area contributed by atoms with Crippen LogP contribution in [0.3, 0.4) is 0 Å². The van der Waals surface area contributed by atoms with Crippen molar-refractivity contribution in [2.24, 2.45) is 0 Å². The van der Waals surface area contributed by atoms with Crippen molar-refractivity contribution in [2.45, 2.75) is 31.6 Å². The van der Waals surface area contributed by atoms with Crippen molar-refractivity contribution in [1.29, 1.82) is 0 Å². The molecular formula is C12H12Cl2O. The Kier molecular flexibility index (Phi) is 3.32. The molecule has 0 aromatic heterocycles. The van der Waals surface area contributed by atoms with Gasteiger partial charge in [-0.05, 0) is 36.5 Å². The maximum absolute atomic E-state index is 11.1. The fraction of sp³-hybridized carbons (Fsp3) is 0.417. The topological polar surface area (TPSA) is 17.1 Å². The molecule has 1 aliphatic carbocycles. The maximum atomic E-state index is 11.1. The van der Waals surface area contributed by atoms with Gasteiger partial charge in [0.2, 0.25) is 0 Å². The van der Waals surface area contributed by atoms with Gasteiger partial charge >= 0.3 is 0 Å². The van der Waals surface area contributed by atoms with Gasteiger partial charge in [0.05, 0.1) is 0 Å². The number of hydrogen-bond acceptors (Lipinski definition) is 1. The zero-order valence-corrected chi connectivity index (χ0v) is 9.81. The Balaban J connectivity index is 2.19. The Morgan fingerprint density at radius 2 is 1.80 bits per heavy atom. The number of ketones is 1. The fourth-order valence-corrected chi connectivity index (χ4v) is 2.65. The van der Waals surface area contributed by atoms with Crippen LogP contribution in [0.5, 0.6) is 0 Å². The van der Waals surface area contributed by atoms with Crippen LogP contribution < -0.4 is 0 Å². The molecule has 15 heavy (non-hydrogen) atoms. The van der Waals surface area contributed by atoms with E-state index in [2.05, 4.69) is 0 Å². The average Bonchev–Trinajstić information content (AvgIpc) is 2.20. The van der Waals surface area contributed by atoms with Crippen molar-refractivity contribution in [2.75, 3.05) is 0 Å². The second-order valence-electron chi connectivity index (χ2n) is 3.98. The van der Waals surface area contributed by atoms with Crippen molar-refractivity contribution >= 4 is 29.0 Å². The van der Waals surface area contributed by atoms with Crippen molar-refractivity contribution in [3.63, 3.8) is 0 Å². The van der Waals surface area contributed by atoms with Crippen LogP contribution in [-0.4, -0.2) is 5.78 Å². The standard InChI is InChI=1S/C12H12Cl2O/c13-9-3-6-11(12(14)7-9)8-1-4-10(15)5-2-8/h3,6-8H,1-2,4-5H2. The van der Waals surface area contributed by atoms with E-state index in [4.69, 9.17) is 23.2 Å². The van der Waals surface area contributed by atoms with Gasteiger partial charge in [-0.2, -0.15) is 0 Å². The highest BCUT2D eigenvalue weighted by molar-refractivity contribution is 6.35. The highest BCUT2D eigenvalue weighted by Crippen LogP contribution is 2.36. The molecule has 0 unspecified atom stereocenters. The smallest absolute Gasteiger partial charge is 0.132 e. The summed E-state index contributed by atoms with van der Waals surface area (Å²) in [6.07, 6.45) is 3.20. The minimum absolute atomic E-state index is 0.372. The van der Waals surface area contributed by atoms with E-state index in [-0.39, 0.29) is 0 Å². The van der Waals surface area contributed by atoms with Crippen LogP contribution >= 0.6 is 23.2 Å². The summed E-state index contributed by atoms with van der Waals surface area (Å²) >= 11 is 12.0. The van der Waals surface area contributed by atoms with E-state index in [1.54, 1.807) is 6.07 Å². The Bertz CT molecular complexity index is 377. The van der Waals surface area contributed by atoms with Crippen LogP contribution in [0.1, 0.15) is 37.2 Å². The van der Waals surface area contributed by atoms with Crippen molar-refractivity contribution in [3.8, 4) is 0 Å². The summed E-state index contributed by atoms with van der Waals surface area (Å²) in [5.41, 5.74) is 1.13. The SMILES string of the molecule is O=C1CCC(c2ccc(Cl)cc2Cl)CC1. The van der Waals surface area contributed by atoms with Gasteiger partial charge in [-0.1, -0.05) is 29.3 Å². The normalized spacial score (nSPS) is 18.1. The lowest BCUT2D eigenvalue weighted by Gasteiger charge is -2.22. The molecule has 0 spiro atoms. The zero-order chi connectivity index (χ0) is 10.8. The molecule has 80 valence electrons. The molecule has 0 radical (unpaired) electrons. The van der Waals surface area contributed by atoms with E-state index in [1.165, 1.54) is 0 Å². The number of rotatable bonds is 1. The van der Waals surface area contributed by atoms with Crippen molar-refractivity contribution < 1.29 is 4.79 Å². The minimum atomic E-state index is 0.372. The van der Waals surface area contributed by atoms with Gasteiger partial charge in [-0.15, -0.1) is 0 Å². The highest BCUT2D eigenvalue weighted by Gasteiger charge is 2.21. The zero-order valence-electron chi connectivity index (χ0n) is 8.30. The summed E-state index contributed by atoms with van der Waals surface area (Å²) in [6, 6.07) is 5.61. The molecule has 1 nitrogen and oxygen atoms in total. The summed E-state index contributed by atoms with van der Waals surface area (Å²) < 4.78 is 0. The van der Waals surface area contributed by atoms with Crippen LogP contribution in [0.25, 0.3) is 0 Å². The predicted octanol–water partition coefficient (Wildman–Crippen LogP) is 4.22. The monoisotopic (exact) mass is 242 g/mol. The quantitative estimate of drug-likeness (QED) is 0.721. The molecule has 3 heteroatoms. The first kappa shape index (κ1) is 11.0. The van der Waals surface area contributed by atoms with Crippen LogP contribution in [0, 0.1) is 0 Å². The number of hydrogen-bond donors (Lipinski definition) is 0. The Morgan fingerprint density at radius 1 is 1.13 bits per heavy atom. The molecule has 0 N–H and O–H groups in total. The summed E-state index contributed by atoms with van der Waals surface area (Å²) in [5, 5.41) is 1.39. The predicted molar refractivity (Wildman–Crippen MR) is 62.7 cm³/mol. The van der Waals surface area contributed by atoms with Gasteiger partial charge in [0.15, 0.2) is 0 Å². The molecule has 1 fully saturated rings. The summed E-state index contributed by atoms with van der Waals surface area (Å²) in [7, 11) is 0. The van der Waals surface area contributed by atoms with Gasteiger partial charge in [-0.3, -0.25) is 4.79 Å². The minimum Gasteiger partial charge on any atom is -0.300 e. The molecule has 0 heterocycles. The third-order valence-corrected chi connectivity index (χ3v) is 3.51. The third kappa shape index (κ3) is 2.53. The number of Topliss-reactive ketones (excluding diaryl/α,β-unsaturated/α-hetero) is 1. The maximum Gasteiger partial charge on any atom is 0.132 e. The first-order chi connectivity index (χ1) is 7.16. The Hall–Kier alpha value is -0.530. The molecule has 0 amide bonds. The molecule has 0 bridgehead atoms. The largest absolute Gasteiger partial charge is 0.300 e. The van der Waals surface area contributed by atoms with E-state index in [1.807, 2.05) is 12.1 Å². The number of halogens is 2. The third-order valence-electron chi connectivity index (χ3n) is 2.95. The fourth-order valence-electron chi connectivity index (χ4n) is 2.08. The Morgan fingerprint density at radius 3 is 2.40 bits per heavy atom. The Labute approximate surface area is 99.4 Å². The van der Waals surface area contributed by atoms with Gasteiger partial charge in [0, 0.05) is 22.9 Å². The van der Waals surface area contributed by atoms with Gasteiger partial charge < -0.3 is 0 Å². The first-order valence-electron chi connectivity index (χ1n) is 5.13. The molecule has 1 aromatic carbocycles. The summed E-state index contributed by atoms with van der Waals surface area (Å²) in [5.74, 6) is 0.795.